The van der Waals surface area contributed by atoms with Crippen LogP contribution in [0.5, 0.6) is 5.75 Å². The molecule has 22 heavy (non-hydrogen) atoms. The Morgan fingerprint density at radius 2 is 1.86 bits per heavy atom. The summed E-state index contributed by atoms with van der Waals surface area (Å²) in [4.78, 5) is 14.8. The van der Waals surface area contributed by atoms with Crippen molar-refractivity contribution in [3.8, 4) is 5.75 Å². The largest absolute Gasteiger partial charge is 0.491 e. The first-order chi connectivity index (χ1) is 10.6. The molecule has 0 bridgehead atoms. The van der Waals surface area contributed by atoms with E-state index in [1.54, 1.807) is 0 Å². The molecule has 0 amide bonds. The average Bonchev–Trinajstić information content (AvgIpc) is 2.75. The van der Waals surface area contributed by atoms with Gasteiger partial charge in [-0.1, -0.05) is 12.8 Å². The molecule has 0 atom stereocenters. The summed E-state index contributed by atoms with van der Waals surface area (Å²) in [7, 11) is 0. The SMILES string of the molecule is Cc1cc(C(=O)CCN2CCCCCC2)ccc1OC(C)C. The second-order valence-electron chi connectivity index (χ2n) is 6.58. The Labute approximate surface area is 134 Å². The molecule has 0 aromatic heterocycles. The van der Waals surface area contributed by atoms with Gasteiger partial charge in [0.05, 0.1) is 6.10 Å². The molecule has 3 nitrogen and oxygen atoms in total. The highest BCUT2D eigenvalue weighted by atomic mass is 16.5. The Morgan fingerprint density at radius 1 is 1.18 bits per heavy atom. The van der Waals surface area contributed by atoms with Crippen LogP contribution < -0.4 is 4.74 Å². The summed E-state index contributed by atoms with van der Waals surface area (Å²) < 4.78 is 5.73. The van der Waals surface area contributed by atoms with Crippen molar-refractivity contribution in [3.63, 3.8) is 0 Å². The number of carbonyl (C=O) groups excluding carboxylic acids is 1. The van der Waals surface area contributed by atoms with Crippen molar-refractivity contribution >= 4 is 5.78 Å². The van der Waals surface area contributed by atoms with Crippen molar-refractivity contribution in [1.29, 1.82) is 0 Å². The summed E-state index contributed by atoms with van der Waals surface area (Å²) in [5.74, 6) is 1.11. The van der Waals surface area contributed by atoms with Crippen molar-refractivity contribution in [2.75, 3.05) is 19.6 Å². The minimum atomic E-state index is 0.156. The van der Waals surface area contributed by atoms with Crippen LogP contribution in [0.25, 0.3) is 0 Å². The number of carbonyl (C=O) groups is 1. The fourth-order valence-electron chi connectivity index (χ4n) is 2.97. The van der Waals surface area contributed by atoms with Crippen LogP contribution >= 0.6 is 0 Å². The van der Waals surface area contributed by atoms with Gasteiger partial charge in [0.15, 0.2) is 5.78 Å². The molecule has 1 aliphatic heterocycles. The highest BCUT2D eigenvalue weighted by Gasteiger charge is 2.13. The van der Waals surface area contributed by atoms with Crippen LogP contribution in [0.1, 0.15) is 61.9 Å². The third kappa shape index (κ3) is 5.13. The maximum atomic E-state index is 12.4. The van der Waals surface area contributed by atoms with Crippen LogP contribution in [-0.2, 0) is 0 Å². The number of ether oxygens (including phenoxy) is 1. The molecule has 0 spiro atoms. The van der Waals surface area contributed by atoms with Crippen LogP contribution in [0.3, 0.4) is 0 Å². The Kier molecular flexibility index (Phi) is 6.44. The number of Topliss-reactive ketones (excluding diaryl/α,β-unsaturated/α-hetero) is 1. The van der Waals surface area contributed by atoms with E-state index in [4.69, 9.17) is 4.74 Å². The zero-order valence-corrected chi connectivity index (χ0v) is 14.2. The summed E-state index contributed by atoms with van der Waals surface area (Å²) >= 11 is 0. The Bertz CT molecular complexity index is 488. The number of hydrogen-bond donors (Lipinski definition) is 0. The molecule has 1 aromatic carbocycles. The lowest BCUT2D eigenvalue weighted by molar-refractivity contribution is 0.0964. The number of ketones is 1. The molecule has 122 valence electrons. The van der Waals surface area contributed by atoms with Gasteiger partial charge in [-0.3, -0.25) is 4.79 Å². The molecule has 0 unspecified atom stereocenters. The van der Waals surface area contributed by atoms with Crippen molar-refractivity contribution in [2.24, 2.45) is 0 Å². The third-order valence-corrected chi connectivity index (χ3v) is 4.21. The van der Waals surface area contributed by atoms with E-state index >= 15 is 0 Å². The fourth-order valence-corrected chi connectivity index (χ4v) is 2.97. The second-order valence-corrected chi connectivity index (χ2v) is 6.58. The molecule has 1 aliphatic rings. The van der Waals surface area contributed by atoms with E-state index in [0.717, 1.165) is 36.5 Å². The van der Waals surface area contributed by atoms with E-state index in [-0.39, 0.29) is 11.9 Å². The molecule has 1 saturated heterocycles. The Morgan fingerprint density at radius 3 is 2.45 bits per heavy atom. The lowest BCUT2D eigenvalue weighted by Crippen LogP contribution is -2.27. The fraction of sp³-hybridized carbons (Fsp3) is 0.632. The number of benzene rings is 1. The van der Waals surface area contributed by atoms with Crippen molar-refractivity contribution < 1.29 is 9.53 Å². The maximum Gasteiger partial charge on any atom is 0.164 e. The third-order valence-electron chi connectivity index (χ3n) is 4.21. The molecule has 3 heteroatoms. The van der Waals surface area contributed by atoms with Gasteiger partial charge in [-0.15, -0.1) is 0 Å². The van der Waals surface area contributed by atoms with Crippen molar-refractivity contribution in [1.82, 2.24) is 4.90 Å². The van der Waals surface area contributed by atoms with Gasteiger partial charge in [-0.25, -0.2) is 0 Å². The van der Waals surface area contributed by atoms with Gasteiger partial charge >= 0.3 is 0 Å². The molecular formula is C19H29NO2. The lowest BCUT2D eigenvalue weighted by Gasteiger charge is -2.19. The van der Waals surface area contributed by atoms with Gasteiger partial charge in [0.1, 0.15) is 5.75 Å². The number of nitrogens with zero attached hydrogens (tertiary/aromatic N) is 1. The van der Waals surface area contributed by atoms with E-state index in [9.17, 15) is 4.79 Å². The van der Waals surface area contributed by atoms with Crippen LogP contribution in [0, 0.1) is 6.92 Å². The number of aryl methyl sites for hydroxylation is 1. The van der Waals surface area contributed by atoms with Gasteiger partial charge < -0.3 is 9.64 Å². The van der Waals surface area contributed by atoms with E-state index < -0.39 is 0 Å². The lowest BCUT2D eigenvalue weighted by atomic mass is 10.0. The molecule has 0 saturated carbocycles. The van der Waals surface area contributed by atoms with Gasteiger partial charge in [-0.2, -0.15) is 0 Å². The van der Waals surface area contributed by atoms with Gasteiger partial charge in [0.2, 0.25) is 0 Å². The molecular weight excluding hydrogens is 274 g/mol. The standard InChI is InChI=1S/C19H29NO2/c1-15(2)22-19-9-8-17(14-16(19)3)18(21)10-13-20-11-6-4-5-7-12-20/h8-9,14-15H,4-7,10-13H2,1-3H3. The zero-order valence-electron chi connectivity index (χ0n) is 14.2. The number of hydrogen-bond acceptors (Lipinski definition) is 3. The van der Waals surface area contributed by atoms with Gasteiger partial charge in [0, 0.05) is 18.5 Å². The highest BCUT2D eigenvalue weighted by molar-refractivity contribution is 5.96. The molecule has 0 radical (unpaired) electrons. The molecule has 1 aromatic rings. The first kappa shape index (κ1) is 17.0. The van der Waals surface area contributed by atoms with Gasteiger partial charge in [-0.05, 0) is 70.5 Å². The average molecular weight is 303 g/mol. The van der Waals surface area contributed by atoms with Gasteiger partial charge in [0.25, 0.3) is 0 Å². The summed E-state index contributed by atoms with van der Waals surface area (Å²) in [6.07, 6.45) is 5.98. The molecule has 0 N–H and O–H groups in total. The molecule has 0 aliphatic carbocycles. The quantitative estimate of drug-likeness (QED) is 0.737. The minimum Gasteiger partial charge on any atom is -0.491 e. The zero-order chi connectivity index (χ0) is 15.9. The summed E-state index contributed by atoms with van der Waals surface area (Å²) in [6, 6.07) is 5.78. The summed E-state index contributed by atoms with van der Waals surface area (Å²) in [5, 5.41) is 0. The Hall–Kier alpha value is -1.35. The monoisotopic (exact) mass is 303 g/mol. The Balaban J connectivity index is 1.90. The van der Waals surface area contributed by atoms with E-state index in [1.165, 1.54) is 25.7 Å². The smallest absolute Gasteiger partial charge is 0.164 e. The van der Waals surface area contributed by atoms with Crippen LogP contribution in [-0.4, -0.2) is 36.4 Å². The first-order valence-corrected chi connectivity index (χ1v) is 8.59. The molecule has 1 heterocycles. The van der Waals surface area contributed by atoms with Crippen LogP contribution in [0.2, 0.25) is 0 Å². The minimum absolute atomic E-state index is 0.156. The second kappa shape index (κ2) is 8.33. The van der Waals surface area contributed by atoms with Crippen LogP contribution in [0.4, 0.5) is 0 Å². The van der Waals surface area contributed by atoms with Crippen molar-refractivity contribution in [2.45, 2.75) is 59.0 Å². The molecule has 1 fully saturated rings. The number of likely N-dealkylation sites (tertiary alicyclic amines) is 1. The summed E-state index contributed by atoms with van der Waals surface area (Å²) in [5.41, 5.74) is 1.85. The first-order valence-electron chi connectivity index (χ1n) is 8.59. The topological polar surface area (TPSA) is 29.5 Å². The molecule has 2 rings (SSSR count). The number of rotatable bonds is 6. The van der Waals surface area contributed by atoms with E-state index in [0.29, 0.717) is 6.42 Å². The van der Waals surface area contributed by atoms with E-state index in [2.05, 4.69) is 4.90 Å². The normalized spacial score (nSPS) is 16.5. The van der Waals surface area contributed by atoms with Crippen molar-refractivity contribution in [3.05, 3.63) is 29.3 Å². The predicted molar refractivity (Wildman–Crippen MR) is 90.8 cm³/mol. The van der Waals surface area contributed by atoms with Crippen LogP contribution in [0.15, 0.2) is 18.2 Å². The maximum absolute atomic E-state index is 12.4. The summed E-state index contributed by atoms with van der Waals surface area (Å²) in [6.45, 7) is 9.21. The predicted octanol–water partition coefficient (Wildman–Crippen LogP) is 4.23. The van der Waals surface area contributed by atoms with E-state index in [1.807, 2.05) is 39.0 Å². The highest BCUT2D eigenvalue weighted by Crippen LogP contribution is 2.21.